The molecule has 1 heterocycles. The van der Waals surface area contributed by atoms with Crippen LogP contribution in [0.1, 0.15) is 11.1 Å². The lowest BCUT2D eigenvalue weighted by molar-refractivity contribution is -0.126. The molecular formula is C23H26N2O2. The number of carbonyl (C=O) groups excluding carboxylic acids is 1. The number of benzene rings is 2. The minimum absolute atomic E-state index is 0.0615. The highest BCUT2D eigenvalue weighted by Gasteiger charge is 2.20. The molecule has 0 aliphatic carbocycles. The van der Waals surface area contributed by atoms with Crippen molar-refractivity contribution in [3.05, 3.63) is 78.4 Å². The SMILES string of the molecule is C=CCOc1ccc(/C=C/C(=O)N2CCN(c3ccccc3C)CC2)cc1. The number of piperazine rings is 1. The maximum absolute atomic E-state index is 12.5. The van der Waals surface area contributed by atoms with E-state index in [1.165, 1.54) is 11.3 Å². The Hall–Kier alpha value is -3.01. The molecule has 2 aromatic carbocycles. The molecular weight excluding hydrogens is 336 g/mol. The molecule has 0 atom stereocenters. The van der Waals surface area contributed by atoms with Crippen molar-refractivity contribution in [3.8, 4) is 5.75 Å². The van der Waals surface area contributed by atoms with Gasteiger partial charge in [-0.2, -0.15) is 0 Å². The zero-order valence-electron chi connectivity index (χ0n) is 15.8. The second-order valence-electron chi connectivity index (χ2n) is 6.60. The number of nitrogens with zero attached hydrogens (tertiary/aromatic N) is 2. The minimum atomic E-state index is 0.0615. The van der Waals surface area contributed by atoms with Crippen molar-refractivity contribution in [3.63, 3.8) is 0 Å². The Morgan fingerprint density at radius 2 is 1.78 bits per heavy atom. The molecule has 0 spiro atoms. The van der Waals surface area contributed by atoms with Crippen molar-refractivity contribution < 1.29 is 9.53 Å². The molecule has 0 N–H and O–H groups in total. The number of hydrogen-bond acceptors (Lipinski definition) is 3. The molecule has 1 amide bonds. The summed E-state index contributed by atoms with van der Waals surface area (Å²) in [5, 5.41) is 0. The molecule has 140 valence electrons. The predicted molar refractivity (Wildman–Crippen MR) is 111 cm³/mol. The highest BCUT2D eigenvalue weighted by molar-refractivity contribution is 5.92. The lowest BCUT2D eigenvalue weighted by atomic mass is 10.1. The van der Waals surface area contributed by atoms with E-state index in [0.717, 1.165) is 37.5 Å². The molecule has 0 radical (unpaired) electrons. The molecule has 4 heteroatoms. The summed E-state index contributed by atoms with van der Waals surface area (Å²) in [7, 11) is 0. The number of para-hydroxylation sites is 1. The van der Waals surface area contributed by atoms with Gasteiger partial charge in [0.2, 0.25) is 5.91 Å². The van der Waals surface area contributed by atoms with Crippen molar-refractivity contribution in [2.75, 3.05) is 37.7 Å². The zero-order valence-corrected chi connectivity index (χ0v) is 15.8. The third-order valence-corrected chi connectivity index (χ3v) is 4.71. The zero-order chi connectivity index (χ0) is 19.1. The summed E-state index contributed by atoms with van der Waals surface area (Å²) < 4.78 is 5.46. The van der Waals surface area contributed by atoms with Gasteiger partial charge in [0.25, 0.3) is 0 Å². The Morgan fingerprint density at radius 1 is 1.07 bits per heavy atom. The largest absolute Gasteiger partial charge is 0.490 e. The molecule has 3 rings (SSSR count). The van der Waals surface area contributed by atoms with Gasteiger partial charge in [-0.25, -0.2) is 0 Å². The number of amides is 1. The average molecular weight is 362 g/mol. The van der Waals surface area contributed by atoms with Gasteiger partial charge < -0.3 is 14.5 Å². The van der Waals surface area contributed by atoms with Crippen LogP contribution in [0.15, 0.2) is 67.3 Å². The molecule has 1 aliphatic heterocycles. The van der Waals surface area contributed by atoms with E-state index in [-0.39, 0.29) is 5.91 Å². The van der Waals surface area contributed by atoms with Crippen LogP contribution in [-0.4, -0.2) is 43.6 Å². The monoisotopic (exact) mass is 362 g/mol. The van der Waals surface area contributed by atoms with Crippen LogP contribution in [0.3, 0.4) is 0 Å². The first-order valence-corrected chi connectivity index (χ1v) is 9.28. The summed E-state index contributed by atoms with van der Waals surface area (Å²) in [4.78, 5) is 16.7. The lowest BCUT2D eigenvalue weighted by Gasteiger charge is -2.36. The smallest absolute Gasteiger partial charge is 0.246 e. The van der Waals surface area contributed by atoms with Gasteiger partial charge in [0, 0.05) is 37.9 Å². The molecule has 0 unspecified atom stereocenters. The van der Waals surface area contributed by atoms with Crippen LogP contribution in [0, 0.1) is 6.92 Å². The third kappa shape index (κ3) is 5.00. The first-order valence-electron chi connectivity index (χ1n) is 9.28. The highest BCUT2D eigenvalue weighted by Crippen LogP contribution is 2.21. The van der Waals surface area contributed by atoms with E-state index < -0.39 is 0 Å². The van der Waals surface area contributed by atoms with Gasteiger partial charge in [-0.15, -0.1) is 0 Å². The van der Waals surface area contributed by atoms with E-state index in [4.69, 9.17) is 4.74 Å². The summed E-state index contributed by atoms with van der Waals surface area (Å²) in [6.45, 7) is 9.45. The summed E-state index contributed by atoms with van der Waals surface area (Å²) in [6.07, 6.45) is 5.22. The number of carbonyl (C=O) groups is 1. The van der Waals surface area contributed by atoms with Gasteiger partial charge in [0.15, 0.2) is 0 Å². The molecule has 1 fully saturated rings. The summed E-state index contributed by atoms with van der Waals surface area (Å²) in [5.41, 5.74) is 3.52. The van der Waals surface area contributed by atoms with E-state index in [9.17, 15) is 4.79 Å². The van der Waals surface area contributed by atoms with E-state index in [1.54, 1.807) is 12.2 Å². The van der Waals surface area contributed by atoms with Crippen molar-refractivity contribution in [1.29, 1.82) is 0 Å². The fourth-order valence-electron chi connectivity index (χ4n) is 3.19. The molecule has 1 saturated heterocycles. The van der Waals surface area contributed by atoms with Gasteiger partial charge in [-0.3, -0.25) is 4.79 Å². The first kappa shape index (κ1) is 18.8. The summed E-state index contributed by atoms with van der Waals surface area (Å²) >= 11 is 0. The number of aryl methyl sites for hydroxylation is 1. The van der Waals surface area contributed by atoms with Crippen molar-refractivity contribution in [1.82, 2.24) is 4.90 Å². The second kappa shape index (κ2) is 9.08. The van der Waals surface area contributed by atoms with Gasteiger partial charge in [0.05, 0.1) is 0 Å². The van der Waals surface area contributed by atoms with Crippen LogP contribution in [-0.2, 0) is 4.79 Å². The molecule has 2 aromatic rings. The van der Waals surface area contributed by atoms with Gasteiger partial charge in [-0.1, -0.05) is 43.0 Å². The van der Waals surface area contributed by atoms with Crippen molar-refractivity contribution in [2.24, 2.45) is 0 Å². The van der Waals surface area contributed by atoms with Gasteiger partial charge in [0.1, 0.15) is 12.4 Å². The van der Waals surface area contributed by atoms with Crippen LogP contribution >= 0.6 is 0 Å². The fourth-order valence-corrected chi connectivity index (χ4v) is 3.19. The van der Waals surface area contributed by atoms with Crippen molar-refractivity contribution in [2.45, 2.75) is 6.92 Å². The topological polar surface area (TPSA) is 32.8 Å². The molecule has 0 bridgehead atoms. The molecule has 27 heavy (non-hydrogen) atoms. The predicted octanol–water partition coefficient (Wildman–Crippen LogP) is 3.92. The van der Waals surface area contributed by atoms with Crippen LogP contribution in [0.5, 0.6) is 5.75 Å². The van der Waals surface area contributed by atoms with Crippen LogP contribution in [0.25, 0.3) is 6.08 Å². The number of rotatable bonds is 6. The van der Waals surface area contributed by atoms with E-state index in [2.05, 4.69) is 42.7 Å². The molecule has 0 aromatic heterocycles. The molecule has 1 aliphatic rings. The number of ether oxygens (including phenoxy) is 1. The van der Waals surface area contributed by atoms with E-state index in [1.807, 2.05) is 35.2 Å². The standard InChI is InChI=1S/C23H26N2O2/c1-3-18-27-21-11-8-20(9-12-21)10-13-23(26)25-16-14-24(15-17-25)22-7-5-4-6-19(22)2/h3-13H,1,14-18H2,2H3/b13-10+. The third-order valence-electron chi connectivity index (χ3n) is 4.71. The Labute approximate surface area is 161 Å². The average Bonchev–Trinajstić information content (AvgIpc) is 2.72. The van der Waals surface area contributed by atoms with Crippen LogP contribution in [0.2, 0.25) is 0 Å². The Morgan fingerprint density at radius 3 is 2.44 bits per heavy atom. The second-order valence-corrected chi connectivity index (χ2v) is 6.60. The molecule has 4 nitrogen and oxygen atoms in total. The number of hydrogen-bond donors (Lipinski definition) is 0. The quantitative estimate of drug-likeness (QED) is 0.577. The Kier molecular flexibility index (Phi) is 6.31. The fraction of sp³-hybridized carbons (Fsp3) is 0.261. The Balaban J connectivity index is 1.52. The normalized spacial score (nSPS) is 14.4. The van der Waals surface area contributed by atoms with Crippen LogP contribution in [0.4, 0.5) is 5.69 Å². The van der Waals surface area contributed by atoms with E-state index >= 15 is 0 Å². The lowest BCUT2D eigenvalue weighted by Crippen LogP contribution is -2.48. The van der Waals surface area contributed by atoms with Crippen molar-refractivity contribution >= 4 is 17.7 Å². The van der Waals surface area contributed by atoms with Gasteiger partial charge >= 0.3 is 0 Å². The molecule has 0 saturated carbocycles. The summed E-state index contributed by atoms with van der Waals surface area (Å²) in [5.74, 6) is 0.858. The first-order chi connectivity index (χ1) is 13.2. The summed E-state index contributed by atoms with van der Waals surface area (Å²) in [6, 6.07) is 16.1. The van der Waals surface area contributed by atoms with Gasteiger partial charge in [-0.05, 0) is 42.3 Å². The highest BCUT2D eigenvalue weighted by atomic mass is 16.5. The maximum atomic E-state index is 12.5. The van der Waals surface area contributed by atoms with E-state index in [0.29, 0.717) is 6.61 Å². The van der Waals surface area contributed by atoms with Crippen LogP contribution < -0.4 is 9.64 Å². The maximum Gasteiger partial charge on any atom is 0.246 e. The minimum Gasteiger partial charge on any atom is -0.490 e. The number of anilines is 1. The Bertz CT molecular complexity index is 803.